The highest BCUT2D eigenvalue weighted by atomic mass is 32.2. The Hall–Kier alpha value is -2.65. The number of carbonyl (C=O) groups is 2. The van der Waals surface area contributed by atoms with Crippen molar-refractivity contribution in [3.05, 3.63) is 40.9 Å². The highest BCUT2D eigenvalue weighted by Crippen LogP contribution is 2.25. The molecule has 9 nitrogen and oxygen atoms in total. The lowest BCUT2D eigenvalue weighted by molar-refractivity contribution is -0.143. The van der Waals surface area contributed by atoms with Crippen molar-refractivity contribution in [2.24, 2.45) is 0 Å². The first-order valence-electron chi connectivity index (χ1n) is 7.12. The molecule has 132 valence electrons. The third kappa shape index (κ3) is 4.25. The maximum Gasteiger partial charge on any atom is 0.362 e. The maximum absolute atomic E-state index is 12.4. The molecule has 0 saturated heterocycles. The zero-order chi connectivity index (χ0) is 18.4. The summed E-state index contributed by atoms with van der Waals surface area (Å²) in [6, 6.07) is 4.11. The summed E-state index contributed by atoms with van der Waals surface area (Å²) in [6.45, 7) is -0.346. The molecule has 1 aliphatic carbocycles. The van der Waals surface area contributed by atoms with Gasteiger partial charge in [0.2, 0.25) is 10.0 Å². The smallest absolute Gasteiger partial charge is 0.362 e. The van der Waals surface area contributed by atoms with Crippen LogP contribution in [0.4, 0.5) is 0 Å². The first-order valence-corrected chi connectivity index (χ1v) is 8.61. The molecule has 1 aromatic carbocycles. The molecule has 0 atom stereocenters. The minimum absolute atomic E-state index is 0.0122. The van der Waals surface area contributed by atoms with E-state index in [2.05, 4.69) is 9.51 Å². The highest BCUT2D eigenvalue weighted by molar-refractivity contribution is 7.89. The van der Waals surface area contributed by atoms with Gasteiger partial charge in [0.25, 0.3) is 5.78 Å². The number of hydrogen-bond acceptors (Lipinski definition) is 6. The molecule has 10 heteroatoms. The van der Waals surface area contributed by atoms with Crippen molar-refractivity contribution in [3.8, 4) is 0 Å². The first-order chi connectivity index (χ1) is 11.9. The van der Waals surface area contributed by atoms with Crippen LogP contribution < -0.4 is 4.72 Å². The van der Waals surface area contributed by atoms with Crippen molar-refractivity contribution in [1.82, 2.24) is 4.72 Å². The summed E-state index contributed by atoms with van der Waals surface area (Å²) in [5, 5.41) is 0. The second-order valence-electron chi connectivity index (χ2n) is 4.90. The van der Waals surface area contributed by atoms with Crippen LogP contribution in [0, 0.1) is 0 Å². The van der Waals surface area contributed by atoms with Gasteiger partial charge in [0.05, 0.1) is 11.5 Å². The number of nitrogens with one attached hydrogen (secondary N) is 1. The summed E-state index contributed by atoms with van der Waals surface area (Å²) >= 11 is 0. The number of ketones is 1. The lowest BCUT2D eigenvalue weighted by Gasteiger charge is -2.13. The third-order valence-electron chi connectivity index (χ3n) is 3.31. The number of hydrogen-bond donors (Lipinski definition) is 1. The van der Waals surface area contributed by atoms with Crippen LogP contribution in [-0.4, -0.2) is 57.5 Å². The molecular weight excluding hydrogens is 350 g/mol. The standard InChI is InChI=1S/C15H15N3O6S/c1-23-7-8-24-14(19)9-17-25(21,22)13-4-2-3-11-10(13)5-6-12(18-16)15(11)20/h2-6,17H,7-9H2,1H3. The van der Waals surface area contributed by atoms with Crippen LogP contribution in [0.25, 0.3) is 11.6 Å². The molecule has 0 unspecified atom stereocenters. The minimum Gasteiger partial charge on any atom is -0.462 e. The molecule has 1 aliphatic rings. The molecule has 0 radical (unpaired) electrons. The summed E-state index contributed by atoms with van der Waals surface area (Å²) in [7, 11) is -2.62. The molecule has 0 amide bonds. The van der Waals surface area contributed by atoms with Gasteiger partial charge in [-0.2, -0.15) is 9.51 Å². The Morgan fingerprint density at radius 1 is 1.28 bits per heavy atom. The largest absolute Gasteiger partial charge is 0.462 e. The average Bonchev–Trinajstić information content (AvgIpc) is 2.60. The van der Waals surface area contributed by atoms with E-state index >= 15 is 0 Å². The van der Waals surface area contributed by atoms with Crippen LogP contribution in [0.2, 0.25) is 0 Å². The summed E-state index contributed by atoms with van der Waals surface area (Å²) < 4.78 is 36.5. The zero-order valence-corrected chi connectivity index (χ0v) is 14.1. The zero-order valence-electron chi connectivity index (χ0n) is 13.3. The SMILES string of the molecule is COCCOC(=O)CNS(=O)(=O)c1cccc2c1C=CC(=[N+]=[N-])C2=O. The van der Waals surface area contributed by atoms with Gasteiger partial charge in [-0.25, -0.2) is 8.42 Å². The van der Waals surface area contributed by atoms with Crippen LogP contribution in [0.15, 0.2) is 29.2 Å². The number of benzene rings is 1. The Kier molecular flexibility index (Phi) is 5.94. The number of allylic oxidation sites excluding steroid dienone is 1. The molecule has 25 heavy (non-hydrogen) atoms. The van der Waals surface area contributed by atoms with Crippen LogP contribution in [0.5, 0.6) is 0 Å². The van der Waals surface area contributed by atoms with E-state index in [4.69, 9.17) is 15.0 Å². The van der Waals surface area contributed by atoms with Gasteiger partial charge in [0.15, 0.2) is 0 Å². The van der Waals surface area contributed by atoms with Crippen molar-refractivity contribution >= 4 is 33.6 Å². The van der Waals surface area contributed by atoms with Crippen LogP contribution >= 0.6 is 0 Å². The molecule has 0 spiro atoms. The van der Waals surface area contributed by atoms with E-state index in [1.165, 1.54) is 37.5 Å². The second-order valence-corrected chi connectivity index (χ2v) is 6.64. The predicted octanol–water partition coefficient (Wildman–Crippen LogP) is 0.0348. The topological polar surface area (TPSA) is 135 Å². The fourth-order valence-corrected chi connectivity index (χ4v) is 3.31. The molecule has 1 N–H and O–H groups in total. The molecule has 0 saturated carbocycles. The summed E-state index contributed by atoms with van der Waals surface area (Å²) in [6.07, 6.45) is 2.57. The lowest BCUT2D eigenvalue weighted by atomic mass is 9.95. The first kappa shape index (κ1) is 18.7. The molecule has 0 bridgehead atoms. The van der Waals surface area contributed by atoms with Crippen molar-refractivity contribution in [1.29, 1.82) is 0 Å². The van der Waals surface area contributed by atoms with E-state index in [1.54, 1.807) is 0 Å². The van der Waals surface area contributed by atoms with Crippen molar-refractivity contribution in [3.63, 3.8) is 0 Å². The monoisotopic (exact) mass is 365 g/mol. The predicted molar refractivity (Wildman–Crippen MR) is 86.5 cm³/mol. The summed E-state index contributed by atoms with van der Waals surface area (Å²) in [5.74, 6) is -1.36. The lowest BCUT2D eigenvalue weighted by Crippen LogP contribution is -2.32. The maximum atomic E-state index is 12.4. The van der Waals surface area contributed by atoms with E-state index in [1.807, 2.05) is 0 Å². The van der Waals surface area contributed by atoms with Gasteiger partial charge in [-0.15, -0.1) is 0 Å². The minimum atomic E-state index is -4.06. The van der Waals surface area contributed by atoms with E-state index < -0.39 is 28.3 Å². The van der Waals surface area contributed by atoms with Crippen molar-refractivity contribution < 1.29 is 32.3 Å². The molecule has 1 aromatic rings. The number of nitrogens with zero attached hydrogens (tertiary/aromatic N) is 2. The number of rotatable bonds is 7. The number of methoxy groups -OCH3 is 1. The Bertz CT molecular complexity index is 885. The van der Waals surface area contributed by atoms with Crippen LogP contribution in [0.3, 0.4) is 0 Å². The van der Waals surface area contributed by atoms with Crippen LogP contribution in [0.1, 0.15) is 15.9 Å². The van der Waals surface area contributed by atoms with E-state index in [9.17, 15) is 18.0 Å². The van der Waals surface area contributed by atoms with Gasteiger partial charge in [-0.05, 0) is 12.1 Å². The van der Waals surface area contributed by atoms with Crippen molar-refractivity contribution in [2.75, 3.05) is 26.9 Å². The number of ether oxygens (including phenoxy) is 2. The van der Waals surface area contributed by atoms with Gasteiger partial charge in [0, 0.05) is 24.3 Å². The Morgan fingerprint density at radius 2 is 2.04 bits per heavy atom. The molecule has 0 aromatic heterocycles. The number of Topliss-reactive ketones (excluding diaryl/α,β-unsaturated/α-hetero) is 1. The molecule has 2 rings (SSSR count). The number of esters is 1. The van der Waals surface area contributed by atoms with Crippen molar-refractivity contribution in [2.45, 2.75) is 4.90 Å². The van der Waals surface area contributed by atoms with Crippen LogP contribution in [-0.2, 0) is 24.3 Å². The molecule has 0 heterocycles. The number of sulfonamides is 1. The number of fused-ring (bicyclic) bond motifs is 1. The van der Waals surface area contributed by atoms with Gasteiger partial charge >= 0.3 is 11.7 Å². The normalized spacial score (nSPS) is 13.3. The fraction of sp³-hybridized carbons (Fsp3) is 0.267. The van der Waals surface area contributed by atoms with Gasteiger partial charge < -0.3 is 15.0 Å². The molecule has 0 aliphatic heterocycles. The van der Waals surface area contributed by atoms with Gasteiger partial charge in [-0.3, -0.25) is 9.59 Å². The quantitative estimate of drug-likeness (QED) is 0.313. The molecule has 0 fully saturated rings. The summed E-state index contributed by atoms with van der Waals surface area (Å²) in [4.78, 5) is 26.3. The second kappa shape index (κ2) is 7.95. The fourth-order valence-electron chi connectivity index (χ4n) is 2.12. The van der Waals surface area contributed by atoms with E-state index in [0.717, 1.165) is 0 Å². The van der Waals surface area contributed by atoms with Gasteiger partial charge in [0.1, 0.15) is 13.2 Å². The van der Waals surface area contributed by atoms with Gasteiger partial charge in [-0.1, -0.05) is 12.1 Å². The third-order valence-corrected chi connectivity index (χ3v) is 4.76. The Morgan fingerprint density at radius 3 is 2.72 bits per heavy atom. The molecular formula is C15H15N3O6S. The Balaban J connectivity index is 2.21. The summed E-state index contributed by atoms with van der Waals surface area (Å²) in [5.41, 5.74) is 8.81. The average molecular weight is 365 g/mol. The Labute approximate surface area is 143 Å². The highest BCUT2D eigenvalue weighted by Gasteiger charge is 2.30. The van der Waals surface area contributed by atoms with E-state index in [-0.39, 0.29) is 34.9 Å². The number of carbonyl (C=O) groups excluding carboxylic acids is 2. The van der Waals surface area contributed by atoms with E-state index in [0.29, 0.717) is 0 Å².